The van der Waals surface area contributed by atoms with E-state index in [1.807, 2.05) is 17.7 Å². The molecule has 3 heterocycles. The Labute approximate surface area is 122 Å². The van der Waals surface area contributed by atoms with Crippen LogP contribution in [0.5, 0.6) is 0 Å². The molecule has 0 aromatic carbocycles. The number of amides is 1. The summed E-state index contributed by atoms with van der Waals surface area (Å²) in [4.78, 5) is 17.7. The van der Waals surface area contributed by atoms with Gasteiger partial charge in [-0.2, -0.15) is 0 Å². The van der Waals surface area contributed by atoms with E-state index in [-0.39, 0.29) is 0 Å². The maximum absolute atomic E-state index is 11.5. The first kappa shape index (κ1) is 13.5. The van der Waals surface area contributed by atoms with Crippen LogP contribution in [0.15, 0.2) is 24.8 Å². The molecule has 1 aliphatic rings. The second-order valence-electron chi connectivity index (χ2n) is 5.32. The summed E-state index contributed by atoms with van der Waals surface area (Å²) in [5.74, 6) is 1.00. The molecule has 0 saturated carbocycles. The lowest BCUT2D eigenvalue weighted by molar-refractivity contribution is 0.100. The highest BCUT2D eigenvalue weighted by molar-refractivity contribution is 5.98. The molecule has 0 aliphatic carbocycles. The maximum Gasteiger partial charge on any atom is 0.252 e. The van der Waals surface area contributed by atoms with E-state index in [0.29, 0.717) is 11.5 Å². The van der Waals surface area contributed by atoms with Crippen molar-refractivity contribution in [1.29, 1.82) is 0 Å². The molecule has 1 saturated heterocycles. The highest BCUT2D eigenvalue weighted by Gasteiger charge is 2.25. The van der Waals surface area contributed by atoms with Gasteiger partial charge in [0.1, 0.15) is 12.2 Å². The van der Waals surface area contributed by atoms with E-state index in [1.54, 1.807) is 12.5 Å². The van der Waals surface area contributed by atoms with E-state index in [0.717, 1.165) is 37.4 Å². The Bertz CT molecular complexity index is 644. The number of piperidine rings is 1. The smallest absolute Gasteiger partial charge is 0.252 e. The van der Waals surface area contributed by atoms with E-state index in [9.17, 15) is 4.79 Å². The number of carbonyl (C=O) groups excluding carboxylic acids is 1. The third-order valence-electron chi connectivity index (χ3n) is 4.01. The lowest BCUT2D eigenvalue weighted by atomic mass is 9.95. The minimum atomic E-state index is -0.437. The van der Waals surface area contributed by atoms with Crippen molar-refractivity contribution in [2.45, 2.75) is 18.8 Å². The van der Waals surface area contributed by atoms with Crippen LogP contribution in [-0.4, -0.2) is 38.7 Å². The van der Waals surface area contributed by atoms with E-state index >= 15 is 0 Å². The van der Waals surface area contributed by atoms with Crippen molar-refractivity contribution in [2.24, 2.45) is 12.8 Å². The number of nitrogens with zero attached hydrogens (tertiary/aromatic N) is 5. The Hall–Kier alpha value is -2.44. The zero-order valence-electron chi connectivity index (χ0n) is 11.9. The van der Waals surface area contributed by atoms with Crippen molar-refractivity contribution in [2.75, 3.05) is 18.0 Å². The van der Waals surface area contributed by atoms with Crippen LogP contribution in [-0.2, 0) is 7.05 Å². The maximum atomic E-state index is 11.5. The monoisotopic (exact) mass is 286 g/mol. The van der Waals surface area contributed by atoms with E-state index in [1.165, 1.54) is 6.20 Å². The number of hydrogen-bond acceptors (Lipinski definition) is 5. The van der Waals surface area contributed by atoms with Gasteiger partial charge in [-0.1, -0.05) is 0 Å². The molecule has 0 radical (unpaired) electrons. The molecule has 0 unspecified atom stereocenters. The summed E-state index contributed by atoms with van der Waals surface area (Å²) < 4.78 is 1.97. The van der Waals surface area contributed by atoms with Gasteiger partial charge < -0.3 is 15.2 Å². The molecule has 21 heavy (non-hydrogen) atoms. The first-order chi connectivity index (χ1) is 10.2. The fourth-order valence-corrected chi connectivity index (χ4v) is 2.89. The van der Waals surface area contributed by atoms with Crippen molar-refractivity contribution >= 4 is 11.6 Å². The van der Waals surface area contributed by atoms with Crippen molar-refractivity contribution < 1.29 is 4.79 Å². The molecule has 0 bridgehead atoms. The van der Waals surface area contributed by atoms with Gasteiger partial charge in [0.25, 0.3) is 5.91 Å². The standard InChI is InChI=1S/C14H18N6O/c1-19-9-17-18-14(19)10-3-6-20(7-4-10)12-2-5-16-8-11(12)13(15)21/h2,5,8-10H,3-4,6-7H2,1H3,(H2,15,21). The highest BCUT2D eigenvalue weighted by Crippen LogP contribution is 2.30. The third-order valence-corrected chi connectivity index (χ3v) is 4.01. The third kappa shape index (κ3) is 2.58. The summed E-state index contributed by atoms with van der Waals surface area (Å²) in [7, 11) is 1.97. The second kappa shape index (κ2) is 5.51. The van der Waals surface area contributed by atoms with E-state index in [4.69, 9.17) is 5.73 Å². The number of pyridine rings is 1. The molecule has 2 aromatic rings. The Morgan fingerprint density at radius 2 is 2.14 bits per heavy atom. The first-order valence-corrected chi connectivity index (χ1v) is 6.99. The molecule has 1 fully saturated rings. The minimum absolute atomic E-state index is 0.410. The van der Waals surface area contributed by atoms with Gasteiger partial charge in [0.15, 0.2) is 0 Å². The summed E-state index contributed by atoms with van der Waals surface area (Å²) >= 11 is 0. The quantitative estimate of drug-likeness (QED) is 0.896. The molecule has 110 valence electrons. The van der Waals surface area contributed by atoms with Crippen molar-refractivity contribution in [3.63, 3.8) is 0 Å². The number of nitrogens with two attached hydrogens (primary N) is 1. The zero-order chi connectivity index (χ0) is 14.8. The lowest BCUT2D eigenvalue weighted by Crippen LogP contribution is -2.35. The number of anilines is 1. The van der Waals surface area contributed by atoms with Crippen LogP contribution in [0.4, 0.5) is 5.69 Å². The molecule has 7 heteroatoms. The van der Waals surface area contributed by atoms with E-state index in [2.05, 4.69) is 20.1 Å². The number of rotatable bonds is 3. The van der Waals surface area contributed by atoms with Crippen molar-refractivity contribution in [1.82, 2.24) is 19.7 Å². The van der Waals surface area contributed by atoms with Gasteiger partial charge in [-0.05, 0) is 18.9 Å². The fourth-order valence-electron chi connectivity index (χ4n) is 2.89. The van der Waals surface area contributed by atoms with Crippen LogP contribution in [0.3, 0.4) is 0 Å². The summed E-state index contributed by atoms with van der Waals surface area (Å²) in [5.41, 5.74) is 6.77. The molecule has 3 rings (SSSR count). The number of primary amides is 1. The summed E-state index contributed by atoms with van der Waals surface area (Å²) in [6.07, 6.45) is 6.92. The summed E-state index contributed by atoms with van der Waals surface area (Å²) in [6, 6.07) is 1.85. The van der Waals surface area contributed by atoms with E-state index < -0.39 is 5.91 Å². The van der Waals surface area contributed by atoms with Gasteiger partial charge in [0.2, 0.25) is 0 Å². The van der Waals surface area contributed by atoms with Gasteiger partial charge in [0.05, 0.1) is 11.3 Å². The van der Waals surface area contributed by atoms with Crippen LogP contribution in [0.1, 0.15) is 34.9 Å². The van der Waals surface area contributed by atoms with Gasteiger partial charge >= 0.3 is 0 Å². The molecule has 2 aromatic heterocycles. The van der Waals surface area contributed by atoms with Gasteiger partial charge in [-0.15, -0.1) is 10.2 Å². The Morgan fingerprint density at radius 1 is 1.38 bits per heavy atom. The molecule has 2 N–H and O–H groups in total. The predicted octanol–water partition coefficient (Wildman–Crippen LogP) is 0.693. The number of hydrogen-bond donors (Lipinski definition) is 1. The Balaban J connectivity index is 1.75. The number of aryl methyl sites for hydroxylation is 1. The van der Waals surface area contributed by atoms with Crippen LogP contribution in [0.2, 0.25) is 0 Å². The highest BCUT2D eigenvalue weighted by atomic mass is 16.1. The number of aromatic nitrogens is 4. The molecule has 1 amide bonds. The molecule has 0 atom stereocenters. The zero-order valence-corrected chi connectivity index (χ0v) is 11.9. The Morgan fingerprint density at radius 3 is 2.76 bits per heavy atom. The van der Waals surface area contributed by atoms with Crippen LogP contribution in [0.25, 0.3) is 0 Å². The molecule has 0 spiro atoms. The molecular weight excluding hydrogens is 268 g/mol. The normalized spacial score (nSPS) is 16.1. The second-order valence-corrected chi connectivity index (χ2v) is 5.32. The Kier molecular flexibility index (Phi) is 3.55. The lowest BCUT2D eigenvalue weighted by Gasteiger charge is -2.33. The summed E-state index contributed by atoms with van der Waals surface area (Å²) in [6.45, 7) is 1.73. The van der Waals surface area contributed by atoms with Gasteiger partial charge in [-0.25, -0.2) is 0 Å². The average molecular weight is 286 g/mol. The van der Waals surface area contributed by atoms with Crippen LogP contribution in [0, 0.1) is 0 Å². The van der Waals surface area contributed by atoms with Crippen LogP contribution < -0.4 is 10.6 Å². The largest absolute Gasteiger partial charge is 0.371 e. The van der Waals surface area contributed by atoms with Crippen molar-refractivity contribution in [3.05, 3.63) is 36.2 Å². The van der Waals surface area contributed by atoms with Crippen molar-refractivity contribution in [3.8, 4) is 0 Å². The molecule has 7 nitrogen and oxygen atoms in total. The SMILES string of the molecule is Cn1cnnc1C1CCN(c2ccncc2C(N)=O)CC1. The summed E-state index contributed by atoms with van der Waals surface area (Å²) in [5, 5.41) is 8.13. The van der Waals surface area contributed by atoms with Gasteiger partial charge in [0, 0.05) is 38.4 Å². The number of carbonyl (C=O) groups is 1. The van der Waals surface area contributed by atoms with Crippen LogP contribution >= 0.6 is 0 Å². The average Bonchev–Trinajstić information content (AvgIpc) is 2.93. The first-order valence-electron chi connectivity index (χ1n) is 6.99. The topological polar surface area (TPSA) is 89.9 Å². The predicted molar refractivity (Wildman–Crippen MR) is 77.9 cm³/mol. The van der Waals surface area contributed by atoms with Gasteiger partial charge in [-0.3, -0.25) is 9.78 Å². The fraction of sp³-hybridized carbons (Fsp3) is 0.429. The molecular formula is C14H18N6O. The molecule has 1 aliphatic heterocycles. The minimum Gasteiger partial charge on any atom is -0.371 e.